The Bertz CT molecular complexity index is 852. The van der Waals surface area contributed by atoms with Crippen molar-refractivity contribution in [3.05, 3.63) is 90.9 Å². The lowest BCUT2D eigenvalue weighted by atomic mass is 10.3. The molecule has 144 valence electrons. The number of benzene rings is 2. The average Bonchev–Trinajstić information content (AvgIpc) is 2.71. The maximum atomic E-state index is 11.6. The summed E-state index contributed by atoms with van der Waals surface area (Å²) in [5.41, 5.74) is 0. The lowest BCUT2D eigenvalue weighted by Gasteiger charge is -2.09. The molecule has 0 spiro atoms. The Morgan fingerprint density at radius 3 is 2.04 bits per heavy atom. The van der Waals surface area contributed by atoms with Crippen LogP contribution >= 0.6 is 0 Å². The van der Waals surface area contributed by atoms with E-state index >= 15 is 0 Å². The molecule has 2 aromatic rings. The molecule has 0 saturated carbocycles. The van der Waals surface area contributed by atoms with E-state index in [-0.39, 0.29) is 16.6 Å². The van der Waals surface area contributed by atoms with Gasteiger partial charge in [0.1, 0.15) is 5.75 Å². The SMILES string of the molecule is C=C/C=C(\C=C)[S+](c1ccccc1)c1ccc(OS(=O)(=O)CC)cc1.CC. The molecule has 1 atom stereocenters. The minimum Gasteiger partial charge on any atom is -0.382 e. The van der Waals surface area contributed by atoms with Crippen molar-refractivity contribution in [2.75, 3.05) is 5.75 Å². The molecule has 0 bridgehead atoms. The summed E-state index contributed by atoms with van der Waals surface area (Å²) in [7, 11) is -3.88. The highest BCUT2D eigenvalue weighted by Crippen LogP contribution is 2.32. The van der Waals surface area contributed by atoms with Gasteiger partial charge < -0.3 is 4.18 Å². The van der Waals surface area contributed by atoms with E-state index in [2.05, 4.69) is 25.3 Å². The zero-order valence-corrected chi connectivity index (χ0v) is 17.7. The standard InChI is InChI=1S/C20H21O3S2.C2H6/c1-4-10-18(5-2)24(19-11-8-7-9-12-19)20-15-13-17(14-16-20)23-25(21,22)6-3;1-2/h4-5,7-16H,1-2,6H2,3H3;1-2H3/q+1;/b18-10+;. The molecule has 27 heavy (non-hydrogen) atoms. The zero-order valence-electron chi connectivity index (χ0n) is 16.1. The van der Waals surface area contributed by atoms with E-state index < -0.39 is 10.1 Å². The van der Waals surface area contributed by atoms with Gasteiger partial charge in [0.2, 0.25) is 0 Å². The van der Waals surface area contributed by atoms with E-state index in [1.54, 1.807) is 25.1 Å². The van der Waals surface area contributed by atoms with Crippen LogP contribution in [0, 0.1) is 0 Å². The van der Waals surface area contributed by atoms with Crippen LogP contribution in [0.3, 0.4) is 0 Å². The second-order valence-electron chi connectivity index (χ2n) is 5.03. The van der Waals surface area contributed by atoms with Gasteiger partial charge in [0.15, 0.2) is 14.7 Å². The lowest BCUT2D eigenvalue weighted by molar-refractivity contribution is 0.487. The summed E-state index contributed by atoms with van der Waals surface area (Å²) in [5.74, 6) is 0.251. The van der Waals surface area contributed by atoms with Gasteiger partial charge in [0.05, 0.1) is 16.6 Å². The third-order valence-electron chi connectivity index (χ3n) is 3.33. The molecule has 0 aliphatic carbocycles. The van der Waals surface area contributed by atoms with Crippen molar-refractivity contribution < 1.29 is 12.6 Å². The summed E-state index contributed by atoms with van der Waals surface area (Å²) in [6.45, 7) is 13.2. The summed E-state index contributed by atoms with van der Waals surface area (Å²) in [6, 6.07) is 17.2. The summed E-state index contributed by atoms with van der Waals surface area (Å²) in [5, 5.41) is 0. The maximum Gasteiger partial charge on any atom is 0.308 e. The number of hydrogen-bond donors (Lipinski definition) is 0. The molecular formula is C22H27O3S2+. The molecule has 0 fully saturated rings. The van der Waals surface area contributed by atoms with Crippen LogP contribution < -0.4 is 4.18 Å². The zero-order chi connectivity index (χ0) is 20.3. The molecule has 0 aromatic heterocycles. The Balaban J connectivity index is 0.00000176. The summed E-state index contributed by atoms with van der Waals surface area (Å²) in [6.07, 6.45) is 5.50. The van der Waals surface area contributed by atoms with E-state index in [0.717, 1.165) is 14.7 Å². The van der Waals surface area contributed by atoms with Crippen molar-refractivity contribution in [2.45, 2.75) is 30.6 Å². The minimum absolute atomic E-state index is 0.0637. The molecular weight excluding hydrogens is 376 g/mol. The normalized spacial score (nSPS) is 12.3. The molecule has 5 heteroatoms. The fourth-order valence-electron chi connectivity index (χ4n) is 2.14. The van der Waals surface area contributed by atoms with E-state index in [9.17, 15) is 8.42 Å². The molecule has 2 aromatic carbocycles. The van der Waals surface area contributed by atoms with E-state index in [0.29, 0.717) is 5.75 Å². The van der Waals surface area contributed by atoms with E-state index in [1.165, 1.54) is 0 Å². The highest BCUT2D eigenvalue weighted by atomic mass is 32.2. The summed E-state index contributed by atoms with van der Waals surface area (Å²) < 4.78 is 28.2. The first-order valence-corrected chi connectivity index (χ1v) is 11.6. The highest BCUT2D eigenvalue weighted by Gasteiger charge is 2.29. The Morgan fingerprint density at radius 1 is 1.00 bits per heavy atom. The minimum atomic E-state index is -3.53. The van der Waals surface area contributed by atoms with Crippen LogP contribution in [0.1, 0.15) is 20.8 Å². The highest BCUT2D eigenvalue weighted by molar-refractivity contribution is 8.00. The van der Waals surface area contributed by atoms with Gasteiger partial charge in [-0.3, -0.25) is 0 Å². The van der Waals surface area contributed by atoms with Gasteiger partial charge in [-0.15, -0.1) is 0 Å². The van der Waals surface area contributed by atoms with Crippen LogP contribution in [0.2, 0.25) is 0 Å². The van der Waals surface area contributed by atoms with E-state index in [1.807, 2.05) is 56.3 Å². The van der Waals surface area contributed by atoms with Crippen LogP contribution in [0.25, 0.3) is 0 Å². The lowest BCUT2D eigenvalue weighted by Crippen LogP contribution is -2.11. The van der Waals surface area contributed by atoms with Crippen LogP contribution in [0.4, 0.5) is 0 Å². The Hall–Kier alpha value is -2.24. The summed E-state index contributed by atoms with van der Waals surface area (Å²) >= 11 is 0. The molecule has 1 unspecified atom stereocenters. The van der Waals surface area contributed by atoms with Crippen LogP contribution in [0.15, 0.2) is 101 Å². The van der Waals surface area contributed by atoms with Crippen molar-refractivity contribution >= 4 is 21.0 Å². The van der Waals surface area contributed by atoms with Gasteiger partial charge >= 0.3 is 10.1 Å². The molecule has 3 nitrogen and oxygen atoms in total. The van der Waals surface area contributed by atoms with Gasteiger partial charge in [-0.1, -0.05) is 51.3 Å². The first-order valence-electron chi connectivity index (χ1n) is 8.77. The predicted molar refractivity (Wildman–Crippen MR) is 117 cm³/mol. The number of hydrogen-bond acceptors (Lipinski definition) is 3. The molecule has 0 amide bonds. The van der Waals surface area contributed by atoms with Gasteiger partial charge in [-0.25, -0.2) is 0 Å². The van der Waals surface area contributed by atoms with Crippen LogP contribution in [-0.2, 0) is 21.0 Å². The average molecular weight is 404 g/mol. The van der Waals surface area contributed by atoms with Gasteiger partial charge in [-0.2, -0.15) is 8.42 Å². The smallest absolute Gasteiger partial charge is 0.308 e. The first kappa shape index (κ1) is 22.8. The van der Waals surface area contributed by atoms with Crippen LogP contribution in [0.5, 0.6) is 5.75 Å². The Kier molecular flexibility index (Phi) is 9.68. The van der Waals surface area contributed by atoms with Gasteiger partial charge in [0, 0.05) is 0 Å². The molecule has 2 rings (SSSR count). The van der Waals surface area contributed by atoms with Gasteiger partial charge in [-0.05, 0) is 55.5 Å². The topological polar surface area (TPSA) is 43.4 Å². The van der Waals surface area contributed by atoms with Crippen molar-refractivity contribution in [3.63, 3.8) is 0 Å². The third kappa shape index (κ3) is 6.77. The largest absolute Gasteiger partial charge is 0.382 e. The van der Waals surface area contributed by atoms with Crippen molar-refractivity contribution in [1.29, 1.82) is 0 Å². The molecule has 0 N–H and O–H groups in total. The third-order valence-corrected chi connectivity index (χ3v) is 6.75. The molecule has 0 radical (unpaired) electrons. The number of allylic oxidation sites excluding steroid dienone is 3. The molecule has 0 heterocycles. The van der Waals surface area contributed by atoms with Crippen LogP contribution in [-0.4, -0.2) is 14.2 Å². The van der Waals surface area contributed by atoms with E-state index in [4.69, 9.17) is 4.18 Å². The monoisotopic (exact) mass is 403 g/mol. The maximum absolute atomic E-state index is 11.6. The second kappa shape index (κ2) is 11.5. The fraction of sp³-hybridized carbons (Fsp3) is 0.182. The molecule has 0 aliphatic rings. The van der Waals surface area contributed by atoms with Crippen molar-refractivity contribution in [1.82, 2.24) is 0 Å². The fourth-order valence-corrected chi connectivity index (χ4v) is 4.71. The van der Waals surface area contributed by atoms with Gasteiger partial charge in [0.25, 0.3) is 0 Å². The molecule has 0 saturated heterocycles. The quantitative estimate of drug-likeness (QED) is 0.321. The van der Waals surface area contributed by atoms with Crippen molar-refractivity contribution in [3.8, 4) is 5.75 Å². The van der Waals surface area contributed by atoms with Crippen molar-refractivity contribution in [2.24, 2.45) is 0 Å². The summed E-state index contributed by atoms with van der Waals surface area (Å²) in [4.78, 5) is 3.22. The molecule has 0 aliphatic heterocycles. The Labute approximate surface area is 166 Å². The Morgan fingerprint density at radius 2 is 1.56 bits per heavy atom. The second-order valence-corrected chi connectivity index (χ2v) is 8.92. The predicted octanol–water partition coefficient (Wildman–Crippen LogP) is 5.73. The number of rotatable bonds is 8. The first-order chi connectivity index (χ1) is 13.0.